The lowest BCUT2D eigenvalue weighted by Crippen LogP contribution is -2.06. The van der Waals surface area contributed by atoms with Gasteiger partial charge in [-0.05, 0) is 35.9 Å². The van der Waals surface area contributed by atoms with Crippen LogP contribution in [-0.2, 0) is 9.84 Å². The molecule has 0 bridgehead atoms. The molecule has 3 aromatic rings. The molecule has 3 rings (SSSR count). The van der Waals surface area contributed by atoms with Crippen molar-refractivity contribution in [1.29, 1.82) is 0 Å². The van der Waals surface area contributed by atoms with Crippen molar-refractivity contribution in [3.05, 3.63) is 89.4 Å². The van der Waals surface area contributed by atoms with Gasteiger partial charge in [-0.15, -0.1) is 0 Å². The predicted molar refractivity (Wildman–Crippen MR) is 91.4 cm³/mol. The molecule has 0 N–H and O–H groups in total. The van der Waals surface area contributed by atoms with Gasteiger partial charge in [0, 0.05) is 17.8 Å². The van der Waals surface area contributed by atoms with E-state index in [2.05, 4.69) is 4.98 Å². The molecule has 0 spiro atoms. The topological polar surface area (TPSA) is 47.0 Å². The van der Waals surface area contributed by atoms with Crippen molar-refractivity contribution < 1.29 is 21.6 Å². The van der Waals surface area contributed by atoms with Crippen molar-refractivity contribution in [3.63, 3.8) is 0 Å². The number of pyridine rings is 1. The first-order valence-corrected chi connectivity index (χ1v) is 8.95. The van der Waals surface area contributed by atoms with E-state index in [1.807, 2.05) is 0 Å². The van der Waals surface area contributed by atoms with Gasteiger partial charge in [-0.3, -0.25) is 0 Å². The molecule has 1 aromatic heterocycles. The lowest BCUT2D eigenvalue weighted by atomic mass is 10.1. The summed E-state index contributed by atoms with van der Waals surface area (Å²) < 4.78 is 65.0. The van der Waals surface area contributed by atoms with Gasteiger partial charge in [0.2, 0.25) is 9.84 Å². The molecule has 26 heavy (non-hydrogen) atoms. The molecule has 1 heterocycles. The van der Waals surface area contributed by atoms with E-state index in [0.29, 0.717) is 5.56 Å². The van der Waals surface area contributed by atoms with Gasteiger partial charge in [0.15, 0.2) is 5.03 Å². The van der Waals surface area contributed by atoms with E-state index in [1.165, 1.54) is 48.7 Å². The lowest BCUT2D eigenvalue weighted by molar-refractivity contribution is 0.564. The second-order valence-corrected chi connectivity index (χ2v) is 7.23. The Morgan fingerprint density at radius 3 is 2.27 bits per heavy atom. The van der Waals surface area contributed by atoms with Crippen LogP contribution in [0.25, 0.3) is 12.2 Å². The molecule has 0 unspecified atom stereocenters. The van der Waals surface area contributed by atoms with Gasteiger partial charge in [0.1, 0.15) is 22.3 Å². The number of rotatable bonds is 4. The molecule has 0 aliphatic carbocycles. The first-order valence-electron chi connectivity index (χ1n) is 7.47. The Hall–Kier alpha value is -2.93. The summed E-state index contributed by atoms with van der Waals surface area (Å²) in [6, 6.07) is 10.9. The molecule has 0 atom stereocenters. The molecule has 2 aromatic carbocycles. The predicted octanol–water partition coefficient (Wildman–Crippen LogP) is 4.50. The zero-order valence-corrected chi connectivity index (χ0v) is 14.1. The van der Waals surface area contributed by atoms with Crippen molar-refractivity contribution in [2.24, 2.45) is 0 Å². The summed E-state index contributed by atoms with van der Waals surface area (Å²) in [5, 5.41) is -0.298. The molecule has 0 fully saturated rings. The van der Waals surface area contributed by atoms with Crippen LogP contribution in [0.4, 0.5) is 13.2 Å². The normalized spacial score (nSPS) is 11.8. The largest absolute Gasteiger partial charge is 0.244 e. The van der Waals surface area contributed by atoms with Crippen molar-refractivity contribution in [2.45, 2.75) is 9.92 Å². The molecule has 7 heteroatoms. The minimum atomic E-state index is -4.08. The smallest absolute Gasteiger partial charge is 0.226 e. The maximum absolute atomic E-state index is 13.7. The van der Waals surface area contributed by atoms with Gasteiger partial charge in [-0.25, -0.2) is 26.6 Å². The van der Waals surface area contributed by atoms with Crippen LogP contribution in [0.3, 0.4) is 0 Å². The van der Waals surface area contributed by atoms with Crippen LogP contribution in [0.15, 0.2) is 70.7 Å². The van der Waals surface area contributed by atoms with Gasteiger partial charge in [0.05, 0.1) is 0 Å². The Labute approximate surface area is 148 Å². The van der Waals surface area contributed by atoms with Gasteiger partial charge < -0.3 is 0 Å². The fraction of sp³-hybridized carbons (Fsp3) is 0. The van der Waals surface area contributed by atoms with Crippen LogP contribution < -0.4 is 0 Å². The molecular formula is C19H12F3NO2S. The Morgan fingerprint density at radius 1 is 0.846 bits per heavy atom. The van der Waals surface area contributed by atoms with E-state index in [1.54, 1.807) is 0 Å². The minimum Gasteiger partial charge on any atom is -0.244 e. The summed E-state index contributed by atoms with van der Waals surface area (Å²) in [6.45, 7) is 0. The fourth-order valence-corrected chi connectivity index (χ4v) is 3.49. The monoisotopic (exact) mass is 375 g/mol. The number of halogens is 3. The molecule has 0 amide bonds. The number of sulfone groups is 1. The summed E-state index contributed by atoms with van der Waals surface area (Å²) in [5.41, 5.74) is 0.677. The molecule has 132 valence electrons. The molecule has 0 saturated carbocycles. The fourth-order valence-electron chi connectivity index (χ4n) is 2.25. The van der Waals surface area contributed by atoms with Crippen LogP contribution in [0.5, 0.6) is 0 Å². The maximum Gasteiger partial charge on any atom is 0.226 e. The lowest BCUT2D eigenvalue weighted by Gasteiger charge is -2.05. The van der Waals surface area contributed by atoms with E-state index in [-0.39, 0.29) is 10.6 Å². The molecule has 0 saturated heterocycles. The Bertz CT molecular complexity index is 1080. The number of hydrogen-bond acceptors (Lipinski definition) is 3. The van der Waals surface area contributed by atoms with Crippen LogP contribution in [0, 0.1) is 17.5 Å². The highest BCUT2D eigenvalue weighted by Gasteiger charge is 2.22. The van der Waals surface area contributed by atoms with E-state index in [4.69, 9.17) is 0 Å². The highest BCUT2D eigenvalue weighted by atomic mass is 32.2. The summed E-state index contributed by atoms with van der Waals surface area (Å²) in [4.78, 5) is 3.40. The summed E-state index contributed by atoms with van der Waals surface area (Å²) in [7, 11) is -4.08. The number of hydrogen-bond donors (Lipinski definition) is 0. The van der Waals surface area contributed by atoms with Gasteiger partial charge in [0.25, 0.3) is 0 Å². The second kappa shape index (κ2) is 7.13. The third-order valence-electron chi connectivity index (χ3n) is 3.58. The minimum absolute atomic E-state index is 0.175. The SMILES string of the molecule is O=S(=O)(c1ccc(C=Cc2ccc(F)cc2F)cn1)c1ccccc1F. The van der Waals surface area contributed by atoms with Crippen LogP contribution >= 0.6 is 0 Å². The molecule has 0 radical (unpaired) electrons. The maximum atomic E-state index is 13.7. The Balaban J connectivity index is 1.87. The quantitative estimate of drug-likeness (QED) is 0.674. The van der Waals surface area contributed by atoms with Crippen LogP contribution in [-0.4, -0.2) is 13.4 Å². The average Bonchev–Trinajstić information content (AvgIpc) is 2.61. The molecule has 0 aliphatic heterocycles. The first kappa shape index (κ1) is 17.9. The highest BCUT2D eigenvalue weighted by molar-refractivity contribution is 7.91. The molecule has 0 aliphatic rings. The number of nitrogens with zero attached hydrogens (tertiary/aromatic N) is 1. The number of aromatic nitrogens is 1. The Kier molecular flexibility index (Phi) is 4.90. The summed E-state index contributed by atoms with van der Waals surface area (Å²) in [6.07, 6.45) is 4.19. The van der Waals surface area contributed by atoms with Crippen molar-refractivity contribution in [3.8, 4) is 0 Å². The third kappa shape index (κ3) is 3.67. The van der Waals surface area contributed by atoms with Gasteiger partial charge in [-0.2, -0.15) is 0 Å². The Morgan fingerprint density at radius 2 is 1.62 bits per heavy atom. The van der Waals surface area contributed by atoms with E-state index < -0.39 is 32.2 Å². The zero-order valence-electron chi connectivity index (χ0n) is 13.2. The van der Waals surface area contributed by atoms with Crippen molar-refractivity contribution >= 4 is 22.0 Å². The standard InChI is InChI=1S/C19H12F3NO2S/c20-15-9-8-14(17(22)11-15)7-5-13-6-10-19(23-12-13)26(24,25)18-4-2-1-3-16(18)21/h1-12H. The van der Waals surface area contributed by atoms with Crippen LogP contribution in [0.2, 0.25) is 0 Å². The average molecular weight is 375 g/mol. The van der Waals surface area contributed by atoms with Crippen molar-refractivity contribution in [2.75, 3.05) is 0 Å². The van der Waals surface area contributed by atoms with Gasteiger partial charge >= 0.3 is 0 Å². The van der Waals surface area contributed by atoms with Crippen LogP contribution in [0.1, 0.15) is 11.1 Å². The van der Waals surface area contributed by atoms with E-state index in [9.17, 15) is 21.6 Å². The van der Waals surface area contributed by atoms with E-state index in [0.717, 1.165) is 24.3 Å². The second-order valence-electron chi connectivity index (χ2n) is 5.36. The summed E-state index contributed by atoms with van der Waals surface area (Å²) >= 11 is 0. The van der Waals surface area contributed by atoms with E-state index >= 15 is 0 Å². The number of benzene rings is 2. The third-order valence-corrected chi connectivity index (χ3v) is 5.28. The van der Waals surface area contributed by atoms with Gasteiger partial charge in [-0.1, -0.05) is 30.4 Å². The molecular weight excluding hydrogens is 363 g/mol. The first-order chi connectivity index (χ1) is 12.4. The summed E-state index contributed by atoms with van der Waals surface area (Å²) in [5.74, 6) is -2.25. The van der Waals surface area contributed by atoms with Crippen molar-refractivity contribution in [1.82, 2.24) is 4.98 Å². The molecule has 3 nitrogen and oxygen atoms in total. The highest BCUT2D eigenvalue weighted by Crippen LogP contribution is 2.22. The zero-order chi connectivity index (χ0) is 18.7.